The third kappa shape index (κ3) is 4.96. The summed E-state index contributed by atoms with van der Waals surface area (Å²) in [4.78, 5) is 35.2. The van der Waals surface area contributed by atoms with E-state index < -0.39 is 0 Å². The zero-order valence-electron chi connectivity index (χ0n) is 20.7. The lowest BCUT2D eigenvalue weighted by Crippen LogP contribution is -2.48. The maximum atomic E-state index is 13.5. The van der Waals surface area contributed by atoms with Crippen molar-refractivity contribution in [1.29, 1.82) is 0 Å². The average Bonchev–Trinajstić information content (AvgIpc) is 3.37. The molecular weight excluding hydrogens is 488 g/mol. The molecule has 4 aromatic rings. The summed E-state index contributed by atoms with van der Waals surface area (Å²) in [6.45, 7) is 4.82. The van der Waals surface area contributed by atoms with Crippen molar-refractivity contribution in [3.63, 3.8) is 0 Å². The molecule has 11 heteroatoms. The highest BCUT2D eigenvalue weighted by Crippen LogP contribution is 2.33. The largest absolute Gasteiger partial charge is 0.481 e. The Balaban J connectivity index is 1.29. The van der Waals surface area contributed by atoms with Crippen molar-refractivity contribution >= 4 is 39.1 Å². The van der Waals surface area contributed by atoms with E-state index in [2.05, 4.69) is 30.4 Å². The molecule has 3 N–H and O–H groups in total. The van der Waals surface area contributed by atoms with Crippen LogP contribution in [0.25, 0.3) is 20.8 Å². The Morgan fingerprint density at radius 3 is 2.65 bits per heavy atom. The van der Waals surface area contributed by atoms with E-state index in [0.717, 1.165) is 55.1 Å². The number of nitrogens with zero attached hydrogens (tertiary/aromatic N) is 5. The summed E-state index contributed by atoms with van der Waals surface area (Å²) in [6, 6.07) is 13.9. The fourth-order valence-corrected chi connectivity index (χ4v) is 5.91. The SMILES string of the molecule is COc1cccc(N2CCN(c3nc(N[C@@H]4CCCNC4)c(-c4nc5ccccc5s4)c(=O)[nH]3)CC2)n1. The van der Waals surface area contributed by atoms with E-state index in [4.69, 9.17) is 14.7 Å². The van der Waals surface area contributed by atoms with E-state index in [1.807, 2.05) is 42.5 Å². The number of H-pyrrole nitrogens is 1. The Morgan fingerprint density at radius 1 is 1.03 bits per heavy atom. The minimum Gasteiger partial charge on any atom is -0.481 e. The number of methoxy groups -OCH3 is 1. The quantitative estimate of drug-likeness (QED) is 0.355. The van der Waals surface area contributed by atoms with Crippen LogP contribution in [-0.4, -0.2) is 72.4 Å². The number of fused-ring (bicyclic) bond motifs is 1. The number of hydrogen-bond acceptors (Lipinski definition) is 10. The highest BCUT2D eigenvalue weighted by Gasteiger charge is 2.25. The lowest BCUT2D eigenvalue weighted by Gasteiger charge is -2.36. The number of nitrogens with one attached hydrogen (secondary N) is 3. The number of hydrogen-bond donors (Lipinski definition) is 3. The maximum Gasteiger partial charge on any atom is 0.264 e. The number of piperazine rings is 1. The molecule has 0 aliphatic carbocycles. The van der Waals surface area contributed by atoms with Crippen LogP contribution in [-0.2, 0) is 0 Å². The number of anilines is 3. The first-order valence-corrected chi connectivity index (χ1v) is 13.5. The molecule has 0 unspecified atom stereocenters. The van der Waals surface area contributed by atoms with Crippen molar-refractivity contribution in [3.05, 3.63) is 52.8 Å². The normalized spacial score (nSPS) is 18.2. The van der Waals surface area contributed by atoms with Gasteiger partial charge in [-0.15, -0.1) is 11.3 Å². The summed E-state index contributed by atoms with van der Waals surface area (Å²) < 4.78 is 6.33. The van der Waals surface area contributed by atoms with Crippen molar-refractivity contribution in [2.24, 2.45) is 0 Å². The highest BCUT2D eigenvalue weighted by atomic mass is 32.1. The van der Waals surface area contributed by atoms with Crippen molar-refractivity contribution in [3.8, 4) is 16.5 Å². The smallest absolute Gasteiger partial charge is 0.264 e. The summed E-state index contributed by atoms with van der Waals surface area (Å²) in [5.74, 6) is 2.67. The lowest BCUT2D eigenvalue weighted by atomic mass is 10.1. The van der Waals surface area contributed by atoms with Gasteiger partial charge in [0.05, 0.1) is 17.3 Å². The molecule has 2 aliphatic rings. The lowest BCUT2D eigenvalue weighted by molar-refractivity contribution is 0.397. The summed E-state index contributed by atoms with van der Waals surface area (Å²) in [5, 5.41) is 7.69. The molecule has 6 rings (SSSR count). The van der Waals surface area contributed by atoms with Crippen LogP contribution in [0.2, 0.25) is 0 Å². The Hall–Kier alpha value is -3.70. The monoisotopic (exact) mass is 518 g/mol. The van der Waals surface area contributed by atoms with E-state index >= 15 is 0 Å². The van der Waals surface area contributed by atoms with Crippen LogP contribution in [0.1, 0.15) is 12.8 Å². The molecule has 2 fully saturated rings. The van der Waals surface area contributed by atoms with Crippen molar-refractivity contribution in [2.75, 3.05) is 61.5 Å². The van der Waals surface area contributed by atoms with Gasteiger partial charge in [-0.05, 0) is 37.6 Å². The van der Waals surface area contributed by atoms with Gasteiger partial charge >= 0.3 is 0 Å². The van der Waals surface area contributed by atoms with E-state index in [9.17, 15) is 4.79 Å². The predicted octanol–water partition coefficient (Wildman–Crippen LogP) is 2.94. The number of rotatable bonds is 6. The number of pyridine rings is 1. The predicted molar refractivity (Wildman–Crippen MR) is 148 cm³/mol. The zero-order valence-corrected chi connectivity index (χ0v) is 21.6. The fraction of sp³-hybridized carbons (Fsp3) is 0.385. The van der Waals surface area contributed by atoms with E-state index in [1.54, 1.807) is 7.11 Å². The molecule has 3 aromatic heterocycles. The maximum absolute atomic E-state index is 13.5. The number of ether oxygens (including phenoxy) is 1. The van der Waals surface area contributed by atoms with Crippen LogP contribution >= 0.6 is 11.3 Å². The van der Waals surface area contributed by atoms with Gasteiger partial charge in [0.2, 0.25) is 11.8 Å². The summed E-state index contributed by atoms with van der Waals surface area (Å²) >= 11 is 1.52. The number of piperidine rings is 1. The third-order valence-electron chi connectivity index (χ3n) is 6.87. The molecule has 5 heterocycles. The number of para-hydroxylation sites is 1. The molecule has 0 bridgehead atoms. The Labute approximate surface area is 218 Å². The molecular formula is C26H30N8O2S. The molecule has 0 spiro atoms. The average molecular weight is 519 g/mol. The summed E-state index contributed by atoms with van der Waals surface area (Å²) in [5.41, 5.74) is 1.22. The number of aromatic nitrogens is 4. The number of thiazole rings is 1. The van der Waals surface area contributed by atoms with Gasteiger partial charge < -0.3 is 25.2 Å². The molecule has 1 aromatic carbocycles. The number of benzene rings is 1. The molecule has 0 amide bonds. The summed E-state index contributed by atoms with van der Waals surface area (Å²) in [6.07, 6.45) is 2.12. The Morgan fingerprint density at radius 2 is 1.86 bits per heavy atom. The molecule has 0 saturated carbocycles. The van der Waals surface area contributed by atoms with Gasteiger partial charge in [-0.3, -0.25) is 9.78 Å². The third-order valence-corrected chi connectivity index (χ3v) is 7.93. The first-order chi connectivity index (χ1) is 18.2. The van der Waals surface area contributed by atoms with Gasteiger partial charge in [0.1, 0.15) is 22.2 Å². The standard InChI is InChI=1S/C26H30N8O2S/c1-36-21-10-4-9-20(30-21)33-12-14-34(15-13-33)26-31-23(28-17-6-5-11-27-16-17)22(24(35)32-26)25-29-18-7-2-3-8-19(18)37-25/h2-4,7-10,17,27H,5-6,11-16H2,1H3,(H2,28,31,32,35)/t17-/m1/s1. The molecule has 10 nitrogen and oxygen atoms in total. The molecule has 2 aliphatic heterocycles. The van der Waals surface area contributed by atoms with Crippen LogP contribution in [0.15, 0.2) is 47.3 Å². The van der Waals surface area contributed by atoms with Gasteiger partial charge in [0.15, 0.2) is 0 Å². The molecule has 0 radical (unpaired) electrons. The van der Waals surface area contributed by atoms with Gasteiger partial charge in [-0.1, -0.05) is 18.2 Å². The fourth-order valence-electron chi connectivity index (χ4n) is 4.90. The molecule has 1 atom stereocenters. The zero-order chi connectivity index (χ0) is 25.2. The summed E-state index contributed by atoms with van der Waals surface area (Å²) in [7, 11) is 1.62. The number of aromatic amines is 1. The second-order valence-electron chi connectivity index (χ2n) is 9.30. The second-order valence-corrected chi connectivity index (χ2v) is 10.3. The molecule has 192 valence electrons. The van der Waals surface area contributed by atoms with E-state index in [-0.39, 0.29) is 11.6 Å². The molecule has 2 saturated heterocycles. The minimum absolute atomic E-state index is 0.174. The van der Waals surface area contributed by atoms with Crippen molar-refractivity contribution in [1.82, 2.24) is 25.3 Å². The van der Waals surface area contributed by atoms with Crippen LogP contribution in [0.5, 0.6) is 5.88 Å². The minimum atomic E-state index is -0.174. The van der Waals surface area contributed by atoms with Crippen molar-refractivity contribution < 1.29 is 4.74 Å². The van der Waals surface area contributed by atoms with Crippen LogP contribution in [0, 0.1) is 0 Å². The first-order valence-electron chi connectivity index (χ1n) is 12.7. The highest BCUT2D eigenvalue weighted by molar-refractivity contribution is 7.21. The Bertz CT molecular complexity index is 1410. The van der Waals surface area contributed by atoms with Crippen LogP contribution in [0.4, 0.5) is 17.6 Å². The van der Waals surface area contributed by atoms with Gasteiger partial charge in [0, 0.05) is 44.8 Å². The first kappa shape index (κ1) is 23.7. The van der Waals surface area contributed by atoms with E-state index in [1.165, 1.54) is 11.3 Å². The van der Waals surface area contributed by atoms with Gasteiger partial charge in [-0.2, -0.15) is 9.97 Å². The Kier molecular flexibility index (Phi) is 6.62. The van der Waals surface area contributed by atoms with E-state index in [0.29, 0.717) is 41.3 Å². The van der Waals surface area contributed by atoms with Crippen LogP contribution < -0.4 is 30.7 Å². The van der Waals surface area contributed by atoms with Gasteiger partial charge in [-0.25, -0.2) is 4.98 Å². The second kappa shape index (κ2) is 10.3. The van der Waals surface area contributed by atoms with Gasteiger partial charge in [0.25, 0.3) is 5.56 Å². The van der Waals surface area contributed by atoms with Crippen molar-refractivity contribution in [2.45, 2.75) is 18.9 Å². The van der Waals surface area contributed by atoms with Crippen LogP contribution in [0.3, 0.4) is 0 Å². The molecule has 37 heavy (non-hydrogen) atoms. The topological polar surface area (TPSA) is 111 Å².